The van der Waals surface area contributed by atoms with Crippen molar-refractivity contribution in [2.24, 2.45) is 0 Å². The first-order chi connectivity index (χ1) is 7.88. The predicted molar refractivity (Wildman–Crippen MR) is 62.1 cm³/mol. The standard InChI is InChI=1S/C13H24O3/c1-14-11-7-9-13(10-8-11)16-15-12-5-3-2-4-6-12/h11-13H,2-10H2,1H3. The monoisotopic (exact) mass is 228 g/mol. The Hall–Kier alpha value is -0.120. The SMILES string of the molecule is COC1CCC(OOC2CCCCC2)CC1. The van der Waals surface area contributed by atoms with Crippen molar-refractivity contribution in [3.63, 3.8) is 0 Å². The number of methoxy groups -OCH3 is 1. The lowest BCUT2D eigenvalue weighted by molar-refractivity contribution is -0.359. The van der Waals surface area contributed by atoms with Crippen LogP contribution in [0.4, 0.5) is 0 Å². The van der Waals surface area contributed by atoms with Crippen LogP contribution in [-0.4, -0.2) is 25.4 Å². The Morgan fingerprint density at radius 2 is 1.12 bits per heavy atom. The van der Waals surface area contributed by atoms with Crippen LogP contribution < -0.4 is 0 Å². The maximum absolute atomic E-state index is 5.56. The van der Waals surface area contributed by atoms with Gasteiger partial charge in [0.2, 0.25) is 0 Å². The molecule has 0 radical (unpaired) electrons. The average Bonchev–Trinajstić information content (AvgIpc) is 2.38. The van der Waals surface area contributed by atoms with Crippen LogP contribution in [0.1, 0.15) is 57.8 Å². The summed E-state index contributed by atoms with van der Waals surface area (Å²) < 4.78 is 5.34. The number of rotatable bonds is 4. The van der Waals surface area contributed by atoms with Gasteiger partial charge in [0, 0.05) is 7.11 Å². The molecule has 0 aromatic heterocycles. The molecule has 3 nitrogen and oxygen atoms in total. The molecule has 2 fully saturated rings. The van der Waals surface area contributed by atoms with Crippen LogP contribution in [-0.2, 0) is 14.5 Å². The molecule has 0 amide bonds. The fourth-order valence-corrected chi connectivity index (χ4v) is 2.68. The van der Waals surface area contributed by atoms with Crippen LogP contribution in [0.5, 0.6) is 0 Å². The van der Waals surface area contributed by atoms with Gasteiger partial charge in [-0.2, -0.15) is 0 Å². The van der Waals surface area contributed by atoms with Crippen molar-refractivity contribution in [1.82, 2.24) is 0 Å². The highest BCUT2D eigenvalue weighted by molar-refractivity contribution is 4.72. The second kappa shape index (κ2) is 6.58. The second-order valence-electron chi connectivity index (χ2n) is 5.09. The van der Waals surface area contributed by atoms with Gasteiger partial charge < -0.3 is 4.74 Å². The van der Waals surface area contributed by atoms with Gasteiger partial charge in [0.15, 0.2) is 0 Å². The first kappa shape index (κ1) is 12.3. The van der Waals surface area contributed by atoms with Gasteiger partial charge in [-0.15, -0.1) is 0 Å². The summed E-state index contributed by atoms with van der Waals surface area (Å²) in [4.78, 5) is 11.1. The van der Waals surface area contributed by atoms with Crippen LogP contribution >= 0.6 is 0 Å². The fourth-order valence-electron chi connectivity index (χ4n) is 2.68. The van der Waals surface area contributed by atoms with Crippen molar-refractivity contribution in [1.29, 1.82) is 0 Å². The summed E-state index contributed by atoms with van der Waals surface area (Å²) in [5.74, 6) is 0. The van der Waals surface area contributed by atoms with E-state index in [-0.39, 0.29) is 0 Å². The molecule has 2 aliphatic rings. The molecule has 0 spiro atoms. The summed E-state index contributed by atoms with van der Waals surface area (Å²) in [6.07, 6.45) is 11.8. The van der Waals surface area contributed by atoms with Crippen molar-refractivity contribution in [3.8, 4) is 0 Å². The topological polar surface area (TPSA) is 27.7 Å². The van der Waals surface area contributed by atoms with E-state index in [1.54, 1.807) is 7.11 Å². The molecule has 0 bridgehead atoms. The summed E-state index contributed by atoms with van der Waals surface area (Å²) in [6, 6.07) is 0. The number of ether oxygens (including phenoxy) is 1. The van der Waals surface area contributed by atoms with Crippen LogP contribution in [0, 0.1) is 0 Å². The van der Waals surface area contributed by atoms with E-state index >= 15 is 0 Å². The van der Waals surface area contributed by atoms with Crippen molar-refractivity contribution in [3.05, 3.63) is 0 Å². The van der Waals surface area contributed by atoms with Crippen LogP contribution in [0.3, 0.4) is 0 Å². The molecule has 0 heterocycles. The maximum Gasteiger partial charge on any atom is 0.0932 e. The van der Waals surface area contributed by atoms with Gasteiger partial charge in [-0.25, -0.2) is 9.78 Å². The minimum absolute atomic E-state index is 0.299. The maximum atomic E-state index is 5.56. The zero-order valence-electron chi connectivity index (χ0n) is 10.3. The van der Waals surface area contributed by atoms with E-state index in [4.69, 9.17) is 14.5 Å². The van der Waals surface area contributed by atoms with E-state index in [2.05, 4.69) is 0 Å². The lowest BCUT2D eigenvalue weighted by Crippen LogP contribution is -2.28. The third kappa shape index (κ3) is 3.72. The zero-order valence-corrected chi connectivity index (χ0v) is 10.3. The molecule has 3 heteroatoms. The van der Waals surface area contributed by atoms with Crippen molar-refractivity contribution < 1.29 is 14.5 Å². The summed E-state index contributed by atoms with van der Waals surface area (Å²) >= 11 is 0. The van der Waals surface area contributed by atoms with Crippen molar-refractivity contribution >= 4 is 0 Å². The molecule has 0 saturated heterocycles. The number of hydrogen-bond donors (Lipinski definition) is 0. The summed E-state index contributed by atoms with van der Waals surface area (Å²) in [5, 5.41) is 0. The quantitative estimate of drug-likeness (QED) is 0.546. The Morgan fingerprint density at radius 1 is 0.625 bits per heavy atom. The van der Waals surface area contributed by atoms with Gasteiger partial charge in [-0.05, 0) is 38.5 Å². The smallest absolute Gasteiger partial charge is 0.0932 e. The molecule has 0 unspecified atom stereocenters. The Bertz CT molecular complexity index is 182. The average molecular weight is 228 g/mol. The van der Waals surface area contributed by atoms with Gasteiger partial charge in [0.05, 0.1) is 18.3 Å². The van der Waals surface area contributed by atoms with Crippen LogP contribution in [0.25, 0.3) is 0 Å². The summed E-state index contributed by atoms with van der Waals surface area (Å²) in [7, 11) is 1.80. The molecular weight excluding hydrogens is 204 g/mol. The lowest BCUT2D eigenvalue weighted by Gasteiger charge is -2.29. The molecule has 2 rings (SSSR count). The molecule has 16 heavy (non-hydrogen) atoms. The van der Waals surface area contributed by atoms with Crippen LogP contribution in [0.15, 0.2) is 0 Å². The molecular formula is C13H24O3. The van der Waals surface area contributed by atoms with E-state index in [1.807, 2.05) is 0 Å². The van der Waals surface area contributed by atoms with Crippen LogP contribution in [0.2, 0.25) is 0 Å². The first-order valence-electron chi connectivity index (χ1n) is 6.73. The second-order valence-corrected chi connectivity index (χ2v) is 5.09. The van der Waals surface area contributed by atoms with Gasteiger partial charge in [-0.1, -0.05) is 19.3 Å². The molecule has 0 N–H and O–H groups in total. The highest BCUT2D eigenvalue weighted by atomic mass is 17.2. The van der Waals surface area contributed by atoms with E-state index in [0.29, 0.717) is 18.3 Å². The molecule has 0 aromatic rings. The van der Waals surface area contributed by atoms with Gasteiger partial charge >= 0.3 is 0 Å². The minimum atomic E-state index is 0.299. The van der Waals surface area contributed by atoms with Gasteiger partial charge in [-0.3, -0.25) is 0 Å². The summed E-state index contributed by atoms with van der Waals surface area (Å²) in [5.41, 5.74) is 0. The Kier molecular flexibility index (Phi) is 5.07. The molecule has 2 aliphatic carbocycles. The third-order valence-electron chi connectivity index (χ3n) is 3.83. The lowest BCUT2D eigenvalue weighted by atomic mass is 9.95. The fraction of sp³-hybridized carbons (Fsp3) is 1.00. The van der Waals surface area contributed by atoms with E-state index in [1.165, 1.54) is 32.1 Å². The molecule has 2 saturated carbocycles. The first-order valence-corrected chi connectivity index (χ1v) is 6.73. The predicted octanol–water partition coefficient (Wildman–Crippen LogP) is 3.22. The van der Waals surface area contributed by atoms with E-state index in [9.17, 15) is 0 Å². The van der Waals surface area contributed by atoms with E-state index in [0.717, 1.165) is 25.7 Å². The summed E-state index contributed by atoms with van der Waals surface area (Å²) in [6.45, 7) is 0. The molecule has 0 aliphatic heterocycles. The van der Waals surface area contributed by atoms with Gasteiger partial charge in [0.1, 0.15) is 0 Å². The Morgan fingerprint density at radius 3 is 1.69 bits per heavy atom. The Labute approximate surface area is 98.4 Å². The molecule has 0 atom stereocenters. The highest BCUT2D eigenvalue weighted by Crippen LogP contribution is 2.26. The third-order valence-corrected chi connectivity index (χ3v) is 3.83. The highest BCUT2D eigenvalue weighted by Gasteiger charge is 2.23. The Balaban J connectivity index is 1.59. The number of hydrogen-bond acceptors (Lipinski definition) is 3. The van der Waals surface area contributed by atoms with Gasteiger partial charge in [0.25, 0.3) is 0 Å². The normalized spacial score (nSPS) is 32.8. The minimum Gasteiger partial charge on any atom is -0.381 e. The zero-order chi connectivity index (χ0) is 11.2. The van der Waals surface area contributed by atoms with Crippen molar-refractivity contribution in [2.75, 3.05) is 7.11 Å². The molecule has 0 aromatic carbocycles. The molecule has 94 valence electrons. The largest absolute Gasteiger partial charge is 0.381 e. The van der Waals surface area contributed by atoms with Crippen molar-refractivity contribution in [2.45, 2.75) is 76.1 Å². The van der Waals surface area contributed by atoms with E-state index < -0.39 is 0 Å².